The Morgan fingerprint density at radius 2 is 2.00 bits per heavy atom. The average Bonchev–Trinajstić information content (AvgIpc) is 2.63. The van der Waals surface area contributed by atoms with Crippen molar-refractivity contribution in [3.63, 3.8) is 0 Å². The molecule has 0 saturated heterocycles. The molecule has 1 heterocycles. The lowest BCUT2D eigenvalue weighted by Gasteiger charge is -2.05. The fourth-order valence-corrected chi connectivity index (χ4v) is 1.53. The van der Waals surface area contributed by atoms with Crippen LogP contribution >= 0.6 is 0 Å². The van der Waals surface area contributed by atoms with E-state index in [4.69, 9.17) is 9.47 Å². The van der Waals surface area contributed by atoms with Crippen LogP contribution in [-0.2, 0) is 14.3 Å². The molecule has 0 N–H and O–H groups in total. The number of hydrogen-bond donors (Lipinski definition) is 0. The van der Waals surface area contributed by atoms with E-state index in [0.29, 0.717) is 19.0 Å². The molecule has 0 saturated carbocycles. The monoisotopic (exact) mass is 212 g/mol. The lowest BCUT2D eigenvalue weighted by molar-refractivity contribution is -0.135. The fourth-order valence-electron chi connectivity index (χ4n) is 1.53. The fraction of sp³-hybridized carbons (Fsp3) is 0.750. The number of hydrogen-bond acceptors (Lipinski definition) is 3. The van der Waals surface area contributed by atoms with Gasteiger partial charge in [0.15, 0.2) is 0 Å². The summed E-state index contributed by atoms with van der Waals surface area (Å²) >= 11 is 0. The third-order valence-electron chi connectivity index (χ3n) is 2.42. The van der Waals surface area contributed by atoms with Crippen molar-refractivity contribution in [3.05, 3.63) is 11.8 Å². The molecule has 3 heteroatoms. The second-order valence-corrected chi connectivity index (χ2v) is 3.83. The lowest BCUT2D eigenvalue weighted by atomic mass is 10.1. The van der Waals surface area contributed by atoms with Crippen LogP contribution in [0.15, 0.2) is 11.8 Å². The van der Waals surface area contributed by atoms with Crippen molar-refractivity contribution in [2.45, 2.75) is 45.4 Å². The smallest absolute Gasteiger partial charge is 0.334 e. The minimum Gasteiger partial charge on any atom is -0.494 e. The van der Waals surface area contributed by atoms with Crippen LogP contribution in [0.5, 0.6) is 0 Å². The first-order valence-electron chi connectivity index (χ1n) is 5.83. The Morgan fingerprint density at radius 3 is 2.67 bits per heavy atom. The largest absolute Gasteiger partial charge is 0.494 e. The van der Waals surface area contributed by atoms with Crippen molar-refractivity contribution in [1.82, 2.24) is 0 Å². The first-order chi connectivity index (χ1) is 7.33. The topological polar surface area (TPSA) is 35.5 Å². The van der Waals surface area contributed by atoms with Gasteiger partial charge in [-0.25, -0.2) is 4.79 Å². The molecule has 0 atom stereocenters. The van der Waals surface area contributed by atoms with Crippen LogP contribution in [0.2, 0.25) is 0 Å². The highest BCUT2D eigenvalue weighted by atomic mass is 16.6. The second kappa shape index (κ2) is 7.32. The molecule has 1 aliphatic rings. The van der Waals surface area contributed by atoms with Gasteiger partial charge in [-0.1, -0.05) is 39.0 Å². The van der Waals surface area contributed by atoms with E-state index in [1.54, 1.807) is 0 Å². The Kier molecular flexibility index (Phi) is 5.90. The normalized spacial score (nSPS) is 15.0. The molecule has 3 nitrogen and oxygen atoms in total. The summed E-state index contributed by atoms with van der Waals surface area (Å²) < 4.78 is 10.1. The van der Waals surface area contributed by atoms with Gasteiger partial charge < -0.3 is 9.47 Å². The SMILES string of the molecule is CCCCCCCCOC1=CC(=O)OC1. The molecule has 1 rings (SSSR count). The molecule has 0 amide bonds. The molecule has 0 aliphatic carbocycles. The van der Waals surface area contributed by atoms with Gasteiger partial charge in [-0.2, -0.15) is 0 Å². The Morgan fingerprint density at radius 1 is 1.27 bits per heavy atom. The highest BCUT2D eigenvalue weighted by molar-refractivity contribution is 5.84. The number of cyclic esters (lactones) is 1. The van der Waals surface area contributed by atoms with E-state index in [9.17, 15) is 4.79 Å². The Balaban J connectivity index is 1.89. The number of unbranched alkanes of at least 4 members (excludes halogenated alkanes) is 5. The number of esters is 1. The summed E-state index contributed by atoms with van der Waals surface area (Å²) in [7, 11) is 0. The average molecular weight is 212 g/mol. The molecule has 86 valence electrons. The van der Waals surface area contributed by atoms with Crippen LogP contribution < -0.4 is 0 Å². The summed E-state index contributed by atoms with van der Waals surface area (Å²) in [5.74, 6) is 0.390. The summed E-state index contributed by atoms with van der Waals surface area (Å²) in [6, 6.07) is 0. The number of carbonyl (C=O) groups is 1. The van der Waals surface area contributed by atoms with Gasteiger partial charge in [0.1, 0.15) is 12.4 Å². The summed E-state index contributed by atoms with van der Waals surface area (Å²) in [6.07, 6.45) is 8.91. The molecular formula is C12H20O3. The van der Waals surface area contributed by atoms with Crippen molar-refractivity contribution >= 4 is 5.97 Å². The number of ether oxygens (including phenoxy) is 2. The Bertz CT molecular complexity index is 221. The van der Waals surface area contributed by atoms with Gasteiger partial charge in [0.2, 0.25) is 0 Å². The van der Waals surface area contributed by atoms with Crippen molar-refractivity contribution in [2.75, 3.05) is 13.2 Å². The molecule has 0 aromatic heterocycles. The van der Waals surface area contributed by atoms with Gasteiger partial charge in [0, 0.05) is 0 Å². The molecule has 0 spiro atoms. The van der Waals surface area contributed by atoms with E-state index in [1.807, 2.05) is 0 Å². The van der Waals surface area contributed by atoms with Crippen LogP contribution in [0, 0.1) is 0 Å². The Hall–Kier alpha value is -0.990. The minimum atomic E-state index is -0.284. The molecule has 0 unspecified atom stereocenters. The first-order valence-corrected chi connectivity index (χ1v) is 5.83. The quantitative estimate of drug-likeness (QED) is 0.458. The highest BCUT2D eigenvalue weighted by Crippen LogP contribution is 2.09. The van der Waals surface area contributed by atoms with Crippen LogP contribution in [-0.4, -0.2) is 19.2 Å². The number of carbonyl (C=O) groups excluding carboxylic acids is 1. The molecule has 0 aromatic rings. The standard InChI is InChI=1S/C12H20O3/c1-2-3-4-5-6-7-8-14-11-9-12(13)15-10-11/h9H,2-8,10H2,1H3. The maximum absolute atomic E-state index is 10.7. The van der Waals surface area contributed by atoms with Gasteiger partial charge in [-0.05, 0) is 6.42 Å². The summed E-state index contributed by atoms with van der Waals surface area (Å²) in [5.41, 5.74) is 0. The molecule has 0 aromatic carbocycles. The summed E-state index contributed by atoms with van der Waals surface area (Å²) in [4.78, 5) is 10.7. The molecule has 15 heavy (non-hydrogen) atoms. The minimum absolute atomic E-state index is 0.284. The predicted molar refractivity (Wildman–Crippen MR) is 58.4 cm³/mol. The van der Waals surface area contributed by atoms with E-state index in [1.165, 1.54) is 38.2 Å². The zero-order valence-corrected chi connectivity index (χ0v) is 9.46. The third-order valence-corrected chi connectivity index (χ3v) is 2.42. The van der Waals surface area contributed by atoms with E-state index in [-0.39, 0.29) is 5.97 Å². The Labute approximate surface area is 91.4 Å². The van der Waals surface area contributed by atoms with Crippen LogP contribution in [0.25, 0.3) is 0 Å². The third kappa shape index (κ3) is 5.45. The van der Waals surface area contributed by atoms with Gasteiger partial charge in [-0.15, -0.1) is 0 Å². The van der Waals surface area contributed by atoms with E-state index < -0.39 is 0 Å². The van der Waals surface area contributed by atoms with Crippen LogP contribution in [0.3, 0.4) is 0 Å². The van der Waals surface area contributed by atoms with Gasteiger partial charge in [0.25, 0.3) is 0 Å². The molecular weight excluding hydrogens is 192 g/mol. The maximum Gasteiger partial charge on any atom is 0.334 e. The van der Waals surface area contributed by atoms with Crippen LogP contribution in [0.1, 0.15) is 45.4 Å². The van der Waals surface area contributed by atoms with Crippen LogP contribution in [0.4, 0.5) is 0 Å². The van der Waals surface area contributed by atoms with Crippen molar-refractivity contribution in [3.8, 4) is 0 Å². The van der Waals surface area contributed by atoms with Gasteiger partial charge >= 0.3 is 5.97 Å². The second-order valence-electron chi connectivity index (χ2n) is 3.83. The zero-order chi connectivity index (χ0) is 10.9. The summed E-state index contributed by atoms with van der Waals surface area (Å²) in [5, 5.41) is 0. The maximum atomic E-state index is 10.7. The van der Waals surface area contributed by atoms with E-state index in [2.05, 4.69) is 6.92 Å². The molecule has 1 aliphatic heterocycles. The van der Waals surface area contributed by atoms with Crippen molar-refractivity contribution in [2.24, 2.45) is 0 Å². The van der Waals surface area contributed by atoms with E-state index in [0.717, 1.165) is 6.42 Å². The highest BCUT2D eigenvalue weighted by Gasteiger charge is 2.13. The van der Waals surface area contributed by atoms with Gasteiger partial charge in [0.05, 0.1) is 12.7 Å². The first kappa shape index (κ1) is 12.1. The van der Waals surface area contributed by atoms with Gasteiger partial charge in [-0.3, -0.25) is 0 Å². The van der Waals surface area contributed by atoms with E-state index >= 15 is 0 Å². The lowest BCUT2D eigenvalue weighted by Crippen LogP contribution is -1.97. The predicted octanol–water partition coefficient (Wildman–Crippen LogP) is 2.80. The molecule has 0 fully saturated rings. The van der Waals surface area contributed by atoms with Crippen molar-refractivity contribution < 1.29 is 14.3 Å². The molecule has 0 radical (unpaired) electrons. The number of rotatable bonds is 8. The zero-order valence-electron chi connectivity index (χ0n) is 9.46. The molecule has 0 bridgehead atoms. The van der Waals surface area contributed by atoms with Crippen molar-refractivity contribution in [1.29, 1.82) is 0 Å². The summed E-state index contributed by atoms with van der Waals surface area (Å²) in [6.45, 7) is 3.23.